The maximum absolute atomic E-state index is 14.6. The average Bonchev–Trinajstić information content (AvgIpc) is 3.96. The van der Waals surface area contributed by atoms with E-state index in [0.717, 1.165) is 42.6 Å². The van der Waals surface area contributed by atoms with Crippen LogP contribution in [0.15, 0.2) is 54.6 Å². The summed E-state index contributed by atoms with van der Waals surface area (Å²) in [7, 11) is 6.53. The Hall–Kier alpha value is -4.48. The van der Waals surface area contributed by atoms with Crippen LogP contribution in [0.3, 0.4) is 0 Å². The largest absolute Gasteiger partial charge is 0.497 e. The van der Waals surface area contributed by atoms with E-state index >= 15 is 0 Å². The fourth-order valence-electron chi connectivity index (χ4n) is 6.62. The van der Waals surface area contributed by atoms with Crippen molar-refractivity contribution in [1.29, 1.82) is 0 Å². The molecular formula is C37H45N3O8. The highest BCUT2D eigenvalue weighted by Gasteiger charge is 2.42. The van der Waals surface area contributed by atoms with Crippen molar-refractivity contribution in [2.45, 2.75) is 44.2 Å². The Kier molecular flexibility index (Phi) is 10.6. The zero-order chi connectivity index (χ0) is 33.6. The minimum atomic E-state index is -0.311. The van der Waals surface area contributed by atoms with Gasteiger partial charge in [-0.1, -0.05) is 0 Å². The van der Waals surface area contributed by atoms with E-state index in [-0.39, 0.29) is 36.3 Å². The van der Waals surface area contributed by atoms with Gasteiger partial charge < -0.3 is 43.5 Å². The number of methoxy groups -OCH3 is 4. The minimum absolute atomic E-state index is 0.00000355. The molecule has 3 aromatic rings. The second-order valence-electron chi connectivity index (χ2n) is 12.4. The summed E-state index contributed by atoms with van der Waals surface area (Å²) in [4.78, 5) is 31.2. The molecule has 2 amide bonds. The number of fused-ring (bicyclic) bond motifs is 1. The molecule has 2 heterocycles. The molecule has 0 bridgehead atoms. The highest BCUT2D eigenvalue weighted by atomic mass is 16.5. The van der Waals surface area contributed by atoms with Gasteiger partial charge in [0, 0.05) is 50.7 Å². The molecule has 1 N–H and O–H groups in total. The number of nitrogens with one attached hydrogen (secondary N) is 1. The van der Waals surface area contributed by atoms with E-state index in [1.54, 1.807) is 33.3 Å². The Labute approximate surface area is 282 Å². The van der Waals surface area contributed by atoms with E-state index in [0.29, 0.717) is 67.2 Å². The highest BCUT2D eigenvalue weighted by Crippen LogP contribution is 2.43. The highest BCUT2D eigenvalue weighted by molar-refractivity contribution is 6.01. The van der Waals surface area contributed by atoms with E-state index in [4.69, 9.17) is 28.4 Å². The number of hydrogen-bond acceptors (Lipinski definition) is 9. The van der Waals surface area contributed by atoms with Crippen molar-refractivity contribution < 1.29 is 38.0 Å². The Morgan fingerprint density at radius 2 is 1.62 bits per heavy atom. The number of amides is 2. The number of carbonyl (C=O) groups is 2. The van der Waals surface area contributed by atoms with E-state index in [1.165, 1.54) is 0 Å². The molecule has 11 nitrogen and oxygen atoms in total. The fourth-order valence-corrected chi connectivity index (χ4v) is 6.62. The predicted molar refractivity (Wildman–Crippen MR) is 182 cm³/mol. The molecule has 0 aromatic heterocycles. The Balaban J connectivity index is 1.26. The molecule has 1 saturated carbocycles. The van der Waals surface area contributed by atoms with Crippen molar-refractivity contribution in [3.8, 4) is 28.7 Å². The molecular weight excluding hydrogens is 614 g/mol. The van der Waals surface area contributed by atoms with Crippen LogP contribution in [0.2, 0.25) is 0 Å². The van der Waals surface area contributed by atoms with Crippen LogP contribution in [-0.4, -0.2) is 79.1 Å². The molecule has 3 aliphatic rings. The summed E-state index contributed by atoms with van der Waals surface area (Å²) in [6.45, 7) is 2.72. The molecule has 1 unspecified atom stereocenters. The number of benzene rings is 3. The second-order valence-corrected chi connectivity index (χ2v) is 12.4. The van der Waals surface area contributed by atoms with Crippen molar-refractivity contribution >= 4 is 23.2 Å². The van der Waals surface area contributed by atoms with Crippen LogP contribution >= 0.6 is 0 Å². The maximum atomic E-state index is 14.6. The first-order valence-electron chi connectivity index (χ1n) is 16.6. The lowest BCUT2D eigenvalue weighted by Crippen LogP contribution is -2.47. The van der Waals surface area contributed by atoms with Crippen LogP contribution in [0.25, 0.3) is 0 Å². The van der Waals surface area contributed by atoms with E-state index in [2.05, 4.69) is 5.32 Å². The number of piperidine rings is 1. The normalized spacial score (nSPS) is 18.8. The number of nitrogens with zero attached hydrogens (tertiary/aromatic N) is 2. The summed E-state index contributed by atoms with van der Waals surface area (Å²) in [6.07, 6.45) is 3.36. The summed E-state index contributed by atoms with van der Waals surface area (Å²) in [6, 6.07) is 17.4. The quantitative estimate of drug-likeness (QED) is 0.241. The van der Waals surface area contributed by atoms with Crippen molar-refractivity contribution in [2.75, 3.05) is 71.1 Å². The number of rotatable bonds is 14. The Bertz CT molecular complexity index is 1590. The van der Waals surface area contributed by atoms with Crippen molar-refractivity contribution in [2.24, 2.45) is 5.92 Å². The summed E-state index contributed by atoms with van der Waals surface area (Å²) in [5, 5.41) is 3.47. The molecule has 256 valence electrons. The van der Waals surface area contributed by atoms with Gasteiger partial charge in [0.05, 0.1) is 32.9 Å². The Morgan fingerprint density at radius 3 is 2.33 bits per heavy atom. The van der Waals surface area contributed by atoms with Crippen LogP contribution in [0.4, 0.5) is 11.4 Å². The van der Waals surface area contributed by atoms with Gasteiger partial charge in [-0.15, -0.1) is 0 Å². The van der Waals surface area contributed by atoms with E-state index in [1.807, 2.05) is 59.5 Å². The molecule has 3 aromatic carbocycles. The van der Waals surface area contributed by atoms with Gasteiger partial charge in [-0.3, -0.25) is 9.59 Å². The molecule has 0 radical (unpaired) electrons. The van der Waals surface area contributed by atoms with Crippen molar-refractivity contribution in [3.05, 3.63) is 65.7 Å². The van der Waals surface area contributed by atoms with Gasteiger partial charge in [-0.2, -0.15) is 0 Å². The SMILES string of the molecule is COCCCN1C(=O)COc2ccc(N(C(=O)C3CNCC[C@@H]3c3cc(OC)cc(OCc4cc(OC)cc(OC)c4)c3)C3CC3)cc21. The second kappa shape index (κ2) is 15.2. The molecule has 1 aliphatic carbocycles. The minimum Gasteiger partial charge on any atom is -0.497 e. The van der Waals surface area contributed by atoms with Gasteiger partial charge in [-0.25, -0.2) is 0 Å². The van der Waals surface area contributed by atoms with Crippen molar-refractivity contribution in [1.82, 2.24) is 5.32 Å². The van der Waals surface area contributed by atoms with Crippen LogP contribution in [0, 0.1) is 5.92 Å². The Morgan fingerprint density at radius 1 is 0.917 bits per heavy atom. The molecule has 2 fully saturated rings. The zero-order valence-corrected chi connectivity index (χ0v) is 28.2. The monoisotopic (exact) mass is 659 g/mol. The number of ether oxygens (including phenoxy) is 6. The number of carbonyl (C=O) groups excluding carboxylic acids is 2. The molecule has 0 spiro atoms. The lowest BCUT2D eigenvalue weighted by Gasteiger charge is -2.36. The first-order chi connectivity index (χ1) is 23.4. The van der Waals surface area contributed by atoms with Crippen LogP contribution < -0.4 is 38.8 Å². The van der Waals surface area contributed by atoms with Gasteiger partial charge in [0.25, 0.3) is 5.91 Å². The first kappa shape index (κ1) is 33.4. The molecule has 6 rings (SSSR count). The number of anilines is 2. The summed E-state index contributed by atoms with van der Waals surface area (Å²) < 4.78 is 33.8. The van der Waals surface area contributed by atoms with Gasteiger partial charge in [0.1, 0.15) is 35.4 Å². The maximum Gasteiger partial charge on any atom is 0.265 e. The zero-order valence-electron chi connectivity index (χ0n) is 28.2. The first-order valence-corrected chi connectivity index (χ1v) is 16.6. The van der Waals surface area contributed by atoms with Gasteiger partial charge in [0.2, 0.25) is 5.91 Å². The summed E-state index contributed by atoms with van der Waals surface area (Å²) in [5.41, 5.74) is 3.38. The van der Waals surface area contributed by atoms with Gasteiger partial charge >= 0.3 is 0 Å². The lowest BCUT2D eigenvalue weighted by atomic mass is 9.80. The van der Waals surface area contributed by atoms with Crippen LogP contribution in [0.1, 0.15) is 42.7 Å². The van der Waals surface area contributed by atoms with E-state index in [9.17, 15) is 9.59 Å². The number of hydrogen-bond donors (Lipinski definition) is 1. The summed E-state index contributed by atoms with van der Waals surface area (Å²) in [5.74, 6) is 2.95. The average molecular weight is 660 g/mol. The molecule has 2 atom stereocenters. The molecule has 1 saturated heterocycles. The smallest absolute Gasteiger partial charge is 0.265 e. The third kappa shape index (κ3) is 7.47. The molecule has 48 heavy (non-hydrogen) atoms. The topological polar surface area (TPSA) is 108 Å². The van der Waals surface area contributed by atoms with Gasteiger partial charge in [-0.05, 0) is 91.7 Å². The third-order valence-corrected chi connectivity index (χ3v) is 9.23. The fraction of sp³-hybridized carbons (Fsp3) is 0.459. The van der Waals surface area contributed by atoms with Crippen LogP contribution in [-0.2, 0) is 20.9 Å². The lowest BCUT2D eigenvalue weighted by molar-refractivity contribution is -0.123. The van der Waals surface area contributed by atoms with Gasteiger partial charge in [0.15, 0.2) is 6.61 Å². The standard InChI is InChI=1S/C37H45N3O8/c1-43-13-5-12-39-34-18-27(8-9-35(34)48-23-36(39)41)40(26-6-7-26)37(42)33-21-38-11-10-32(33)25-16-30(46-4)20-31(17-25)47-22-24-14-28(44-2)19-29(15-24)45-3/h8-9,14-20,26,32-33,38H,5-7,10-13,21-23H2,1-4H3/t32-,33?/m1/s1. The van der Waals surface area contributed by atoms with Crippen LogP contribution in [0.5, 0.6) is 28.7 Å². The predicted octanol–water partition coefficient (Wildman–Crippen LogP) is 4.94. The van der Waals surface area contributed by atoms with E-state index < -0.39 is 0 Å². The third-order valence-electron chi connectivity index (χ3n) is 9.23. The van der Waals surface area contributed by atoms with Crippen molar-refractivity contribution in [3.63, 3.8) is 0 Å². The molecule has 11 heteroatoms. The molecule has 2 aliphatic heterocycles. The summed E-state index contributed by atoms with van der Waals surface area (Å²) >= 11 is 0.